The molecule has 0 aliphatic heterocycles. The van der Waals surface area contributed by atoms with Gasteiger partial charge in [-0.2, -0.15) is 5.26 Å². The molecule has 0 amide bonds. The summed E-state index contributed by atoms with van der Waals surface area (Å²) in [6.45, 7) is 5.52. The zero-order chi connectivity index (χ0) is 12.3. The van der Waals surface area contributed by atoms with Gasteiger partial charge in [-0.15, -0.1) is 19.0 Å². The normalized spacial score (nSPS) is 11.2. The molecule has 5 heteroatoms. The zero-order valence-electron chi connectivity index (χ0n) is 9.40. The molecule has 0 heterocycles. The van der Waals surface area contributed by atoms with E-state index in [2.05, 4.69) is 6.58 Å². The van der Waals surface area contributed by atoms with Crippen LogP contribution in [0.15, 0.2) is 24.3 Å². The average Bonchev–Trinajstić information content (AvgIpc) is 2.17. The Morgan fingerprint density at radius 1 is 1.65 bits per heavy atom. The van der Waals surface area contributed by atoms with Gasteiger partial charge in [-0.1, -0.05) is 11.6 Å². The van der Waals surface area contributed by atoms with Crippen molar-refractivity contribution in [2.45, 2.75) is 19.4 Å². The largest absolute Gasteiger partial charge is 0.506 e. The van der Waals surface area contributed by atoms with Gasteiger partial charge in [0.15, 0.2) is 0 Å². The second-order valence-electron chi connectivity index (χ2n) is 3.74. The first-order chi connectivity index (χ1) is 7.47. The number of hydrogen-bond donors (Lipinski definition) is 2. The lowest BCUT2D eigenvalue weighted by Crippen LogP contribution is -2.11. The molecule has 0 unspecified atom stereocenters. The standard InChI is InChI=1S/C12H13FN2O.ClH/c1-7(2)5-11(15)8-3-4-10(13)9(6-14)12(8)16;/h3-4,11,16H,1,5,15H2,2H3;1H/t11-;/m0./s1. The molecular weight excluding hydrogens is 243 g/mol. The molecule has 0 fully saturated rings. The highest BCUT2D eigenvalue weighted by atomic mass is 35.5. The van der Waals surface area contributed by atoms with E-state index in [0.717, 1.165) is 11.6 Å². The first kappa shape index (κ1) is 15.4. The molecule has 1 aromatic rings. The Kier molecular flexibility index (Phi) is 5.66. The summed E-state index contributed by atoms with van der Waals surface area (Å²) >= 11 is 0. The number of phenols is 1. The molecule has 0 aliphatic rings. The summed E-state index contributed by atoms with van der Waals surface area (Å²) < 4.78 is 13.1. The highest BCUT2D eigenvalue weighted by Crippen LogP contribution is 2.30. The highest BCUT2D eigenvalue weighted by Gasteiger charge is 2.17. The van der Waals surface area contributed by atoms with Gasteiger partial charge in [0.25, 0.3) is 0 Å². The van der Waals surface area contributed by atoms with Gasteiger partial charge in [-0.3, -0.25) is 0 Å². The summed E-state index contributed by atoms with van der Waals surface area (Å²) in [6.07, 6.45) is 0.476. The van der Waals surface area contributed by atoms with E-state index < -0.39 is 11.9 Å². The van der Waals surface area contributed by atoms with Crippen LogP contribution in [-0.4, -0.2) is 5.11 Å². The number of nitrogens with two attached hydrogens (primary N) is 1. The van der Waals surface area contributed by atoms with Crippen molar-refractivity contribution in [3.63, 3.8) is 0 Å². The van der Waals surface area contributed by atoms with Crippen LogP contribution in [0.25, 0.3) is 0 Å². The minimum atomic E-state index is -0.744. The first-order valence-electron chi connectivity index (χ1n) is 4.78. The van der Waals surface area contributed by atoms with Crippen molar-refractivity contribution < 1.29 is 9.50 Å². The molecule has 0 spiro atoms. The average molecular weight is 257 g/mol. The van der Waals surface area contributed by atoms with Crippen LogP contribution in [0, 0.1) is 17.1 Å². The molecule has 0 aromatic heterocycles. The van der Waals surface area contributed by atoms with E-state index >= 15 is 0 Å². The van der Waals surface area contributed by atoms with Crippen LogP contribution >= 0.6 is 12.4 Å². The molecule has 17 heavy (non-hydrogen) atoms. The fourth-order valence-corrected chi connectivity index (χ4v) is 1.47. The van der Waals surface area contributed by atoms with Crippen LogP contribution < -0.4 is 5.73 Å². The Bertz CT molecular complexity index is 468. The van der Waals surface area contributed by atoms with Gasteiger partial charge in [0.05, 0.1) is 0 Å². The third-order valence-electron chi connectivity index (χ3n) is 2.24. The quantitative estimate of drug-likeness (QED) is 0.817. The Morgan fingerprint density at radius 3 is 2.71 bits per heavy atom. The number of nitriles is 1. The summed E-state index contributed by atoms with van der Waals surface area (Å²) in [5.41, 5.74) is 6.67. The smallest absolute Gasteiger partial charge is 0.144 e. The van der Waals surface area contributed by atoms with Crippen molar-refractivity contribution in [2.24, 2.45) is 5.73 Å². The zero-order valence-corrected chi connectivity index (χ0v) is 10.2. The minimum Gasteiger partial charge on any atom is -0.506 e. The SMILES string of the molecule is C=C(C)C[C@H](N)c1ccc(F)c(C#N)c1O.Cl. The van der Waals surface area contributed by atoms with Crippen molar-refractivity contribution in [2.75, 3.05) is 0 Å². The lowest BCUT2D eigenvalue weighted by Gasteiger charge is -2.14. The molecule has 0 aliphatic carbocycles. The molecule has 3 N–H and O–H groups in total. The van der Waals surface area contributed by atoms with Gasteiger partial charge in [0.1, 0.15) is 23.2 Å². The maximum Gasteiger partial charge on any atom is 0.144 e. The Balaban J connectivity index is 0.00000256. The Labute approximate surface area is 106 Å². The number of aromatic hydroxyl groups is 1. The monoisotopic (exact) mass is 256 g/mol. The van der Waals surface area contributed by atoms with Crippen molar-refractivity contribution in [3.05, 3.63) is 41.2 Å². The topological polar surface area (TPSA) is 70.0 Å². The Hall–Kier alpha value is -1.57. The molecule has 0 bridgehead atoms. The maximum atomic E-state index is 13.1. The maximum absolute atomic E-state index is 13.1. The first-order valence-corrected chi connectivity index (χ1v) is 4.78. The van der Waals surface area contributed by atoms with Gasteiger partial charge >= 0.3 is 0 Å². The van der Waals surface area contributed by atoms with Gasteiger partial charge in [-0.25, -0.2) is 4.39 Å². The fourth-order valence-electron chi connectivity index (χ4n) is 1.47. The van der Waals surface area contributed by atoms with Gasteiger partial charge in [0, 0.05) is 11.6 Å². The van der Waals surface area contributed by atoms with Crippen LogP contribution in [0.3, 0.4) is 0 Å². The van der Waals surface area contributed by atoms with E-state index in [0.29, 0.717) is 12.0 Å². The predicted octanol–water partition coefficient (Wildman–Crippen LogP) is 2.79. The van der Waals surface area contributed by atoms with Crippen molar-refractivity contribution in [1.82, 2.24) is 0 Å². The fraction of sp³-hybridized carbons (Fsp3) is 0.250. The number of benzene rings is 1. The van der Waals surface area contributed by atoms with Gasteiger partial charge in [0.2, 0.25) is 0 Å². The molecule has 92 valence electrons. The molecule has 0 radical (unpaired) electrons. The minimum absolute atomic E-state index is 0. The molecule has 0 saturated carbocycles. The van der Waals surface area contributed by atoms with Crippen LogP contribution in [0.5, 0.6) is 5.75 Å². The van der Waals surface area contributed by atoms with E-state index in [1.54, 1.807) is 6.07 Å². The molecule has 3 nitrogen and oxygen atoms in total. The summed E-state index contributed by atoms with van der Waals surface area (Å²) in [5, 5.41) is 18.4. The van der Waals surface area contributed by atoms with Crippen molar-refractivity contribution in [3.8, 4) is 11.8 Å². The van der Waals surface area contributed by atoms with E-state index in [1.807, 2.05) is 6.92 Å². The van der Waals surface area contributed by atoms with E-state index in [1.165, 1.54) is 6.07 Å². The number of halogens is 2. The van der Waals surface area contributed by atoms with Crippen LogP contribution in [0.4, 0.5) is 4.39 Å². The molecule has 1 aromatic carbocycles. The van der Waals surface area contributed by atoms with Crippen molar-refractivity contribution in [1.29, 1.82) is 5.26 Å². The third kappa shape index (κ3) is 3.45. The molecule has 0 saturated heterocycles. The lowest BCUT2D eigenvalue weighted by molar-refractivity contribution is 0.452. The number of hydrogen-bond acceptors (Lipinski definition) is 3. The number of phenolic OH excluding ortho intramolecular Hbond substituents is 1. The second kappa shape index (κ2) is 6.24. The third-order valence-corrected chi connectivity index (χ3v) is 2.24. The lowest BCUT2D eigenvalue weighted by atomic mass is 9.98. The summed E-state index contributed by atoms with van der Waals surface area (Å²) in [5.74, 6) is -1.12. The molecule has 1 rings (SSSR count). The molecular formula is C12H14ClFN2O. The van der Waals surface area contributed by atoms with E-state index in [-0.39, 0.29) is 23.7 Å². The molecule has 1 atom stereocenters. The second-order valence-corrected chi connectivity index (χ2v) is 3.74. The van der Waals surface area contributed by atoms with Crippen LogP contribution in [-0.2, 0) is 0 Å². The highest BCUT2D eigenvalue weighted by molar-refractivity contribution is 5.85. The predicted molar refractivity (Wildman–Crippen MR) is 66.4 cm³/mol. The number of rotatable bonds is 3. The number of nitrogens with zero attached hydrogens (tertiary/aromatic N) is 1. The summed E-state index contributed by atoms with van der Waals surface area (Å²) in [4.78, 5) is 0. The summed E-state index contributed by atoms with van der Waals surface area (Å²) in [6, 6.07) is 3.65. The summed E-state index contributed by atoms with van der Waals surface area (Å²) in [7, 11) is 0. The van der Waals surface area contributed by atoms with Crippen LogP contribution in [0.1, 0.15) is 30.5 Å². The van der Waals surface area contributed by atoms with Crippen molar-refractivity contribution >= 4 is 12.4 Å². The van der Waals surface area contributed by atoms with Gasteiger partial charge in [-0.05, 0) is 19.4 Å². The van der Waals surface area contributed by atoms with Gasteiger partial charge < -0.3 is 10.8 Å². The van der Waals surface area contributed by atoms with E-state index in [4.69, 9.17) is 11.0 Å². The van der Waals surface area contributed by atoms with Crippen LogP contribution in [0.2, 0.25) is 0 Å². The Morgan fingerprint density at radius 2 is 2.24 bits per heavy atom. The van der Waals surface area contributed by atoms with E-state index in [9.17, 15) is 9.50 Å².